The van der Waals surface area contributed by atoms with Crippen molar-refractivity contribution in [2.75, 3.05) is 0 Å². The molecule has 0 unspecified atom stereocenters. The molecule has 0 aliphatic rings. The van der Waals surface area contributed by atoms with Crippen LogP contribution < -0.4 is 0 Å². The van der Waals surface area contributed by atoms with E-state index in [0.717, 1.165) is 33.3 Å². The fourth-order valence-electron chi connectivity index (χ4n) is 8.08. The zero-order chi connectivity index (χ0) is 32.1. The molecule has 0 radical (unpaired) electrons. The number of hydrogen-bond acceptors (Lipinski definition) is 1. The molecular weight excluding hydrogens is 597 g/mol. The molecule has 0 aliphatic carbocycles. The van der Waals surface area contributed by atoms with Gasteiger partial charge in [0.05, 0.1) is 21.9 Å². The first-order valence-electron chi connectivity index (χ1n) is 16.8. The molecule has 0 saturated carbocycles. The summed E-state index contributed by atoms with van der Waals surface area (Å²) in [5, 5.41) is 11.0. The predicted molar refractivity (Wildman–Crippen MR) is 205 cm³/mol. The Bertz CT molecular complexity index is 3050. The van der Waals surface area contributed by atoms with Crippen LogP contribution in [0, 0.1) is 0 Å². The van der Waals surface area contributed by atoms with Gasteiger partial charge < -0.3 is 8.98 Å². The van der Waals surface area contributed by atoms with Crippen LogP contribution >= 0.6 is 0 Å². The minimum atomic E-state index is 0.879. The van der Waals surface area contributed by atoms with Crippen molar-refractivity contribution in [3.05, 3.63) is 170 Å². The summed E-state index contributed by atoms with van der Waals surface area (Å²) in [7, 11) is 0. The molecular formula is C46H28N2O. The molecule has 3 nitrogen and oxygen atoms in total. The maximum Gasteiger partial charge on any atom is 0.213 e. The van der Waals surface area contributed by atoms with Crippen molar-refractivity contribution in [2.24, 2.45) is 0 Å². The summed E-state index contributed by atoms with van der Waals surface area (Å²) in [4.78, 5) is 0. The highest BCUT2D eigenvalue weighted by Gasteiger charge is 2.20. The van der Waals surface area contributed by atoms with Gasteiger partial charge in [0.15, 0.2) is 0 Å². The first-order valence-corrected chi connectivity index (χ1v) is 16.8. The van der Waals surface area contributed by atoms with E-state index in [0.29, 0.717) is 0 Å². The normalized spacial score (nSPS) is 12.1. The van der Waals surface area contributed by atoms with Gasteiger partial charge in [-0.25, -0.2) is 0 Å². The summed E-state index contributed by atoms with van der Waals surface area (Å²) in [5.74, 6) is 0. The number of aromatic nitrogens is 2. The lowest BCUT2D eigenvalue weighted by molar-refractivity contribution is 0.645. The second kappa shape index (κ2) is 9.96. The minimum absolute atomic E-state index is 0.879. The molecule has 0 amide bonds. The third kappa shape index (κ3) is 3.78. The molecule has 49 heavy (non-hydrogen) atoms. The summed E-state index contributed by atoms with van der Waals surface area (Å²) in [6, 6.07) is 61.3. The lowest BCUT2D eigenvalue weighted by atomic mass is 9.96. The van der Waals surface area contributed by atoms with Crippen LogP contribution in [0.25, 0.3) is 98.8 Å². The lowest BCUT2D eigenvalue weighted by Crippen LogP contribution is -1.94. The number of rotatable bonds is 3. The highest BCUT2D eigenvalue weighted by Crippen LogP contribution is 2.41. The highest BCUT2D eigenvalue weighted by atomic mass is 16.3. The van der Waals surface area contributed by atoms with Crippen molar-refractivity contribution < 1.29 is 4.42 Å². The van der Waals surface area contributed by atoms with Crippen LogP contribution in [0.2, 0.25) is 0 Å². The third-order valence-electron chi connectivity index (χ3n) is 10.3. The summed E-state index contributed by atoms with van der Waals surface area (Å²) in [6.07, 6.45) is 0. The Hall–Kier alpha value is -6.58. The van der Waals surface area contributed by atoms with Gasteiger partial charge in [-0.3, -0.25) is 4.57 Å². The van der Waals surface area contributed by atoms with Crippen molar-refractivity contribution in [3.8, 4) is 22.5 Å². The minimum Gasteiger partial charge on any atom is -0.439 e. The SMILES string of the molecule is c1ccc(-n2c3cc(-c4ccc5c(ccc6cc(-n7c8ccccc8c8ccccc87)ccc65)c4)ccc3c3c4ccccc4oc32)cc1. The predicted octanol–water partition coefficient (Wildman–Crippen LogP) is 12.6. The van der Waals surface area contributed by atoms with Gasteiger partial charge in [-0.05, 0) is 87.3 Å². The topological polar surface area (TPSA) is 23.0 Å². The first kappa shape index (κ1) is 26.5. The molecule has 228 valence electrons. The maximum absolute atomic E-state index is 6.50. The number of furan rings is 1. The van der Waals surface area contributed by atoms with E-state index in [1.165, 1.54) is 65.6 Å². The molecule has 3 heteroatoms. The van der Waals surface area contributed by atoms with Crippen LogP contribution in [0.3, 0.4) is 0 Å². The Kier molecular flexibility index (Phi) is 5.38. The van der Waals surface area contributed by atoms with Crippen LogP contribution in [0.1, 0.15) is 0 Å². The van der Waals surface area contributed by atoms with E-state index in [4.69, 9.17) is 4.42 Å². The van der Waals surface area contributed by atoms with Crippen LogP contribution in [0.5, 0.6) is 0 Å². The monoisotopic (exact) mass is 624 g/mol. The first-order chi connectivity index (χ1) is 24.3. The van der Waals surface area contributed by atoms with Crippen LogP contribution in [-0.4, -0.2) is 9.13 Å². The van der Waals surface area contributed by atoms with Gasteiger partial charge >= 0.3 is 0 Å². The maximum atomic E-state index is 6.50. The summed E-state index contributed by atoms with van der Waals surface area (Å²) >= 11 is 0. The van der Waals surface area contributed by atoms with E-state index in [9.17, 15) is 0 Å². The van der Waals surface area contributed by atoms with Crippen LogP contribution in [0.15, 0.2) is 174 Å². The molecule has 0 bridgehead atoms. The molecule has 0 fully saturated rings. The van der Waals surface area contributed by atoms with E-state index in [1.54, 1.807) is 0 Å². The molecule has 0 atom stereocenters. The van der Waals surface area contributed by atoms with Gasteiger partial charge in [0, 0.05) is 32.9 Å². The smallest absolute Gasteiger partial charge is 0.213 e. The van der Waals surface area contributed by atoms with Gasteiger partial charge in [-0.15, -0.1) is 0 Å². The number of hydrogen-bond donors (Lipinski definition) is 0. The molecule has 0 aliphatic heterocycles. The van der Waals surface area contributed by atoms with Crippen LogP contribution in [-0.2, 0) is 0 Å². The quantitative estimate of drug-likeness (QED) is 0.179. The van der Waals surface area contributed by atoms with E-state index < -0.39 is 0 Å². The van der Waals surface area contributed by atoms with E-state index in [2.05, 4.69) is 173 Å². The average Bonchev–Trinajstić information content (AvgIpc) is 3.81. The van der Waals surface area contributed by atoms with E-state index >= 15 is 0 Å². The lowest BCUT2D eigenvalue weighted by Gasteiger charge is -2.12. The third-order valence-corrected chi connectivity index (χ3v) is 10.3. The summed E-state index contributed by atoms with van der Waals surface area (Å²) in [5.41, 5.74) is 10.0. The van der Waals surface area contributed by atoms with E-state index in [1.807, 2.05) is 6.07 Å². The number of nitrogens with zero attached hydrogens (tertiary/aromatic N) is 2. The molecule has 0 spiro atoms. The van der Waals surface area contributed by atoms with Crippen molar-refractivity contribution in [1.82, 2.24) is 9.13 Å². The Morgan fingerprint density at radius 1 is 0.347 bits per heavy atom. The standard InChI is InChI=1S/C46H28N2O/c1-2-10-33(11-3-1)48-43-28-30(21-24-39(43)45-40-14-6-9-17-44(40)49-46(45)48)29-20-23-35-31(26-29)18-19-32-27-34(22-25-36(32)35)47-41-15-7-4-12-37(41)38-13-5-8-16-42(38)47/h1-28H. The molecule has 0 saturated heterocycles. The summed E-state index contributed by atoms with van der Waals surface area (Å²) < 4.78 is 11.2. The largest absolute Gasteiger partial charge is 0.439 e. The Morgan fingerprint density at radius 2 is 0.939 bits per heavy atom. The number of benzene rings is 8. The van der Waals surface area contributed by atoms with Crippen LogP contribution in [0.4, 0.5) is 0 Å². The second-order valence-electron chi connectivity index (χ2n) is 13.0. The molecule has 0 N–H and O–H groups in total. The summed E-state index contributed by atoms with van der Waals surface area (Å²) in [6.45, 7) is 0. The van der Waals surface area contributed by atoms with E-state index in [-0.39, 0.29) is 0 Å². The van der Waals surface area contributed by atoms with Crippen molar-refractivity contribution >= 4 is 76.3 Å². The van der Waals surface area contributed by atoms with Gasteiger partial charge in [0.25, 0.3) is 0 Å². The Balaban J connectivity index is 1.06. The van der Waals surface area contributed by atoms with Gasteiger partial charge in [-0.2, -0.15) is 0 Å². The van der Waals surface area contributed by atoms with Crippen molar-refractivity contribution in [1.29, 1.82) is 0 Å². The van der Waals surface area contributed by atoms with Crippen molar-refractivity contribution in [2.45, 2.75) is 0 Å². The number of fused-ring (bicyclic) bond motifs is 11. The highest BCUT2D eigenvalue weighted by molar-refractivity contribution is 6.20. The zero-order valence-corrected chi connectivity index (χ0v) is 26.5. The molecule has 8 aromatic carbocycles. The van der Waals surface area contributed by atoms with Gasteiger partial charge in [-0.1, -0.05) is 115 Å². The molecule has 11 rings (SSSR count). The van der Waals surface area contributed by atoms with Gasteiger partial charge in [0.2, 0.25) is 5.71 Å². The number of para-hydroxylation sites is 4. The molecule has 11 aromatic rings. The Labute approximate surface area is 281 Å². The average molecular weight is 625 g/mol. The fraction of sp³-hybridized carbons (Fsp3) is 0. The second-order valence-corrected chi connectivity index (χ2v) is 13.0. The zero-order valence-electron chi connectivity index (χ0n) is 26.5. The fourth-order valence-corrected chi connectivity index (χ4v) is 8.08. The van der Waals surface area contributed by atoms with Gasteiger partial charge in [0.1, 0.15) is 5.58 Å². The molecule has 3 aromatic heterocycles. The Morgan fingerprint density at radius 3 is 1.69 bits per heavy atom. The van der Waals surface area contributed by atoms with Crippen molar-refractivity contribution in [3.63, 3.8) is 0 Å². The molecule has 3 heterocycles.